The third-order valence-electron chi connectivity index (χ3n) is 5.00. The summed E-state index contributed by atoms with van der Waals surface area (Å²) in [5.41, 5.74) is 6.27. The van der Waals surface area contributed by atoms with Crippen LogP contribution in [0.25, 0.3) is 10.9 Å². The van der Waals surface area contributed by atoms with E-state index in [4.69, 9.17) is 0 Å². The van der Waals surface area contributed by atoms with E-state index in [0.717, 1.165) is 39.2 Å². The lowest BCUT2D eigenvalue weighted by Crippen LogP contribution is -2.13. The number of pyridine rings is 1. The molecule has 1 amide bonds. The fourth-order valence-electron chi connectivity index (χ4n) is 3.27. The Hall–Kier alpha value is -3.86. The molecule has 0 unspecified atom stereocenters. The van der Waals surface area contributed by atoms with Gasteiger partial charge in [-0.05, 0) is 67.1 Å². The van der Waals surface area contributed by atoms with Crippen LogP contribution in [0, 0.1) is 6.92 Å². The number of carbonyl (C=O) groups excluding carboxylic acids is 1. The lowest BCUT2D eigenvalue weighted by molar-refractivity contribution is 0.102. The number of rotatable bonds is 5. The number of fused-ring (bicyclic) bond motifs is 1. The quantitative estimate of drug-likeness (QED) is 0.461. The van der Waals surface area contributed by atoms with Gasteiger partial charge in [0.05, 0.1) is 5.52 Å². The van der Waals surface area contributed by atoms with Crippen LogP contribution < -0.4 is 15.5 Å². The maximum atomic E-state index is 12.8. The molecule has 3 aromatic carbocycles. The second-order valence-corrected chi connectivity index (χ2v) is 7.46. The zero-order valence-electron chi connectivity index (χ0n) is 17.3. The number of benzene rings is 3. The molecular formula is C25H24N4O. The van der Waals surface area contributed by atoms with Gasteiger partial charge in [-0.2, -0.15) is 0 Å². The van der Waals surface area contributed by atoms with E-state index in [9.17, 15) is 4.79 Å². The van der Waals surface area contributed by atoms with Crippen molar-refractivity contribution in [1.82, 2.24) is 4.98 Å². The van der Waals surface area contributed by atoms with Crippen LogP contribution >= 0.6 is 0 Å². The molecule has 0 saturated heterocycles. The Balaban J connectivity index is 1.55. The molecule has 0 atom stereocenters. The maximum Gasteiger partial charge on any atom is 0.255 e. The highest BCUT2D eigenvalue weighted by Gasteiger charge is 2.10. The van der Waals surface area contributed by atoms with Crippen LogP contribution in [0.4, 0.5) is 22.7 Å². The summed E-state index contributed by atoms with van der Waals surface area (Å²) in [6, 6.07) is 23.5. The van der Waals surface area contributed by atoms with E-state index in [1.165, 1.54) is 0 Å². The molecule has 150 valence electrons. The van der Waals surface area contributed by atoms with Crippen LogP contribution in [0.1, 0.15) is 15.9 Å². The molecule has 0 spiro atoms. The molecule has 0 saturated carbocycles. The van der Waals surface area contributed by atoms with Crippen molar-refractivity contribution >= 4 is 39.6 Å². The van der Waals surface area contributed by atoms with Crippen molar-refractivity contribution in [2.45, 2.75) is 6.92 Å². The van der Waals surface area contributed by atoms with E-state index < -0.39 is 0 Å². The van der Waals surface area contributed by atoms with E-state index in [2.05, 4.69) is 32.7 Å². The number of amides is 1. The van der Waals surface area contributed by atoms with Crippen molar-refractivity contribution in [2.24, 2.45) is 0 Å². The number of hydrogen-bond donors (Lipinski definition) is 2. The van der Waals surface area contributed by atoms with Gasteiger partial charge in [0.15, 0.2) is 0 Å². The number of hydrogen-bond acceptors (Lipinski definition) is 4. The molecule has 0 aliphatic rings. The van der Waals surface area contributed by atoms with Gasteiger partial charge in [-0.1, -0.05) is 18.2 Å². The molecule has 0 fully saturated rings. The first-order valence-electron chi connectivity index (χ1n) is 9.81. The summed E-state index contributed by atoms with van der Waals surface area (Å²) in [6.45, 7) is 1.98. The predicted molar refractivity (Wildman–Crippen MR) is 125 cm³/mol. The van der Waals surface area contributed by atoms with Crippen LogP contribution in [-0.4, -0.2) is 25.0 Å². The molecule has 0 aliphatic carbocycles. The molecule has 1 heterocycles. The van der Waals surface area contributed by atoms with Crippen molar-refractivity contribution in [2.75, 3.05) is 29.6 Å². The first-order chi connectivity index (χ1) is 14.5. The summed E-state index contributed by atoms with van der Waals surface area (Å²) in [5, 5.41) is 7.40. The zero-order chi connectivity index (χ0) is 21.1. The highest BCUT2D eigenvalue weighted by molar-refractivity contribution is 6.06. The Morgan fingerprint density at radius 3 is 2.57 bits per heavy atom. The summed E-state index contributed by atoms with van der Waals surface area (Å²) in [6.07, 6.45) is 1.75. The van der Waals surface area contributed by atoms with Crippen LogP contribution in [-0.2, 0) is 0 Å². The van der Waals surface area contributed by atoms with Gasteiger partial charge in [-0.3, -0.25) is 9.78 Å². The molecule has 0 aliphatic heterocycles. The van der Waals surface area contributed by atoms with Crippen molar-refractivity contribution < 1.29 is 4.79 Å². The normalized spacial score (nSPS) is 10.6. The highest BCUT2D eigenvalue weighted by Crippen LogP contribution is 2.26. The van der Waals surface area contributed by atoms with Crippen molar-refractivity contribution in [3.05, 3.63) is 90.1 Å². The number of carbonyl (C=O) groups is 1. The Bertz CT molecular complexity index is 1220. The summed E-state index contributed by atoms with van der Waals surface area (Å²) in [4.78, 5) is 19.2. The van der Waals surface area contributed by atoms with Gasteiger partial charge in [-0.15, -0.1) is 0 Å². The van der Waals surface area contributed by atoms with Gasteiger partial charge in [-0.25, -0.2) is 0 Å². The summed E-state index contributed by atoms with van der Waals surface area (Å²) < 4.78 is 0. The Kier molecular flexibility index (Phi) is 5.35. The fourth-order valence-corrected chi connectivity index (χ4v) is 3.27. The second-order valence-electron chi connectivity index (χ2n) is 7.46. The zero-order valence-corrected chi connectivity index (χ0v) is 17.3. The lowest BCUT2D eigenvalue weighted by atomic mass is 10.1. The highest BCUT2D eigenvalue weighted by atomic mass is 16.1. The number of nitrogens with one attached hydrogen (secondary N) is 2. The molecule has 1 aromatic heterocycles. The van der Waals surface area contributed by atoms with Crippen molar-refractivity contribution in [1.29, 1.82) is 0 Å². The summed E-state index contributed by atoms with van der Waals surface area (Å²) in [5.74, 6) is -0.143. The largest absolute Gasteiger partial charge is 0.378 e. The average molecular weight is 396 g/mol. The SMILES string of the molecule is Cc1ccc(Nc2cccc(N(C)C)c2)cc1NC(=O)c1ccc2ncccc2c1. The number of anilines is 4. The molecule has 0 bridgehead atoms. The number of aromatic nitrogens is 1. The Morgan fingerprint density at radius 2 is 1.73 bits per heavy atom. The minimum Gasteiger partial charge on any atom is -0.378 e. The van der Waals surface area contributed by atoms with Gasteiger partial charge in [0.2, 0.25) is 0 Å². The van der Waals surface area contributed by atoms with E-state index in [-0.39, 0.29) is 5.91 Å². The minimum absolute atomic E-state index is 0.143. The minimum atomic E-state index is -0.143. The molecule has 4 rings (SSSR count). The number of aryl methyl sites for hydroxylation is 1. The van der Waals surface area contributed by atoms with E-state index >= 15 is 0 Å². The Labute approximate surface area is 176 Å². The van der Waals surface area contributed by atoms with E-state index in [1.54, 1.807) is 12.3 Å². The predicted octanol–water partition coefficient (Wildman–Crippen LogP) is 5.61. The molecular weight excluding hydrogens is 372 g/mol. The standard InChI is InChI=1S/C25H24N4O/c1-17-9-11-21(27-20-7-4-8-22(15-20)29(2)3)16-24(17)28-25(30)19-10-12-23-18(14-19)6-5-13-26-23/h4-16,27H,1-3H3,(H,28,30). The van der Waals surface area contributed by atoms with E-state index in [0.29, 0.717) is 5.56 Å². The van der Waals surface area contributed by atoms with Gasteiger partial charge < -0.3 is 15.5 Å². The molecule has 5 nitrogen and oxygen atoms in total. The smallest absolute Gasteiger partial charge is 0.255 e. The van der Waals surface area contributed by atoms with Crippen LogP contribution in [0.5, 0.6) is 0 Å². The summed E-state index contributed by atoms with van der Waals surface area (Å²) in [7, 11) is 4.03. The molecule has 2 N–H and O–H groups in total. The Morgan fingerprint density at radius 1 is 0.900 bits per heavy atom. The van der Waals surface area contributed by atoms with Crippen molar-refractivity contribution in [3.8, 4) is 0 Å². The van der Waals surface area contributed by atoms with Crippen molar-refractivity contribution in [3.63, 3.8) is 0 Å². The van der Waals surface area contributed by atoms with Gasteiger partial charge in [0, 0.05) is 54.0 Å². The van der Waals surface area contributed by atoms with Crippen LogP contribution in [0.15, 0.2) is 79.0 Å². The lowest BCUT2D eigenvalue weighted by Gasteiger charge is -2.15. The number of nitrogens with zero attached hydrogens (tertiary/aromatic N) is 2. The van der Waals surface area contributed by atoms with Gasteiger partial charge in [0.1, 0.15) is 0 Å². The van der Waals surface area contributed by atoms with Crippen LogP contribution in [0.2, 0.25) is 0 Å². The monoisotopic (exact) mass is 396 g/mol. The topological polar surface area (TPSA) is 57.3 Å². The first-order valence-corrected chi connectivity index (χ1v) is 9.81. The second kappa shape index (κ2) is 8.25. The molecule has 0 radical (unpaired) electrons. The van der Waals surface area contributed by atoms with Gasteiger partial charge >= 0.3 is 0 Å². The first kappa shape index (κ1) is 19.5. The summed E-state index contributed by atoms with van der Waals surface area (Å²) >= 11 is 0. The third kappa shape index (κ3) is 4.25. The molecule has 4 aromatic rings. The average Bonchev–Trinajstić information content (AvgIpc) is 2.76. The maximum absolute atomic E-state index is 12.8. The van der Waals surface area contributed by atoms with E-state index in [1.807, 2.05) is 75.6 Å². The van der Waals surface area contributed by atoms with Gasteiger partial charge in [0.25, 0.3) is 5.91 Å². The molecule has 30 heavy (non-hydrogen) atoms. The van der Waals surface area contributed by atoms with Crippen LogP contribution in [0.3, 0.4) is 0 Å². The fraction of sp³-hybridized carbons (Fsp3) is 0.120. The molecule has 5 heteroatoms. The third-order valence-corrected chi connectivity index (χ3v) is 5.00.